The molecule has 0 amide bonds. The molecule has 2 heterocycles. The number of hydrogen-bond acceptors (Lipinski definition) is 3. The summed E-state index contributed by atoms with van der Waals surface area (Å²) in [6.07, 6.45) is 2.70. The SMILES string of the molecule is Cc1cc(C)c(-c2ncnc3c2CNCC3)c(C)c1. The van der Waals surface area contributed by atoms with Crippen LogP contribution in [0.25, 0.3) is 11.3 Å². The second-order valence-electron chi connectivity index (χ2n) is 5.35. The van der Waals surface area contributed by atoms with Crippen LogP contribution in [0.15, 0.2) is 18.5 Å². The number of rotatable bonds is 1. The fraction of sp³-hybridized carbons (Fsp3) is 0.375. The summed E-state index contributed by atoms with van der Waals surface area (Å²) in [5, 5.41) is 3.42. The smallest absolute Gasteiger partial charge is 0.116 e. The zero-order chi connectivity index (χ0) is 13.4. The van der Waals surface area contributed by atoms with Crippen LogP contribution in [-0.4, -0.2) is 16.5 Å². The van der Waals surface area contributed by atoms with Gasteiger partial charge in [-0.05, 0) is 31.9 Å². The molecule has 1 N–H and O–H groups in total. The van der Waals surface area contributed by atoms with Crippen LogP contribution in [-0.2, 0) is 13.0 Å². The van der Waals surface area contributed by atoms with Crippen LogP contribution < -0.4 is 5.32 Å². The van der Waals surface area contributed by atoms with Crippen LogP contribution in [0.5, 0.6) is 0 Å². The minimum atomic E-state index is 0.873. The van der Waals surface area contributed by atoms with Gasteiger partial charge in [0, 0.05) is 30.6 Å². The molecule has 3 nitrogen and oxygen atoms in total. The molecule has 19 heavy (non-hydrogen) atoms. The van der Waals surface area contributed by atoms with Crippen molar-refractivity contribution < 1.29 is 0 Å². The van der Waals surface area contributed by atoms with Gasteiger partial charge in [0.15, 0.2) is 0 Å². The average molecular weight is 253 g/mol. The number of hydrogen-bond donors (Lipinski definition) is 1. The van der Waals surface area contributed by atoms with E-state index in [1.165, 1.54) is 33.5 Å². The van der Waals surface area contributed by atoms with Gasteiger partial charge in [-0.25, -0.2) is 9.97 Å². The number of aromatic nitrogens is 2. The van der Waals surface area contributed by atoms with Crippen molar-refractivity contribution in [3.63, 3.8) is 0 Å². The Morgan fingerprint density at radius 1 is 1.05 bits per heavy atom. The minimum Gasteiger partial charge on any atom is -0.312 e. The van der Waals surface area contributed by atoms with E-state index >= 15 is 0 Å². The Morgan fingerprint density at radius 3 is 2.53 bits per heavy atom. The summed E-state index contributed by atoms with van der Waals surface area (Å²) >= 11 is 0. The fourth-order valence-electron chi connectivity index (χ4n) is 3.04. The Balaban J connectivity index is 2.23. The van der Waals surface area contributed by atoms with Gasteiger partial charge in [0.1, 0.15) is 6.33 Å². The lowest BCUT2D eigenvalue weighted by Gasteiger charge is -2.20. The first-order valence-electron chi connectivity index (χ1n) is 6.78. The summed E-state index contributed by atoms with van der Waals surface area (Å²) in [6, 6.07) is 4.46. The van der Waals surface area contributed by atoms with Crippen molar-refractivity contribution in [3.05, 3.63) is 46.4 Å². The number of fused-ring (bicyclic) bond motifs is 1. The largest absolute Gasteiger partial charge is 0.312 e. The second kappa shape index (κ2) is 4.74. The Hall–Kier alpha value is -1.74. The van der Waals surface area contributed by atoms with Crippen LogP contribution in [0.4, 0.5) is 0 Å². The third-order valence-corrected chi connectivity index (χ3v) is 3.79. The van der Waals surface area contributed by atoms with Crippen molar-refractivity contribution >= 4 is 0 Å². The van der Waals surface area contributed by atoms with Crippen LogP contribution in [0.3, 0.4) is 0 Å². The molecule has 3 heteroatoms. The van der Waals surface area contributed by atoms with E-state index in [2.05, 4.69) is 48.2 Å². The highest BCUT2D eigenvalue weighted by Crippen LogP contribution is 2.31. The summed E-state index contributed by atoms with van der Waals surface area (Å²) in [6.45, 7) is 8.36. The third kappa shape index (κ3) is 2.15. The summed E-state index contributed by atoms with van der Waals surface area (Å²) in [4.78, 5) is 8.99. The summed E-state index contributed by atoms with van der Waals surface area (Å²) in [5.74, 6) is 0. The van der Waals surface area contributed by atoms with Gasteiger partial charge in [0.2, 0.25) is 0 Å². The molecule has 0 radical (unpaired) electrons. The van der Waals surface area contributed by atoms with E-state index in [1.54, 1.807) is 6.33 Å². The van der Waals surface area contributed by atoms with Gasteiger partial charge in [-0.15, -0.1) is 0 Å². The summed E-state index contributed by atoms with van der Waals surface area (Å²) < 4.78 is 0. The van der Waals surface area contributed by atoms with E-state index in [9.17, 15) is 0 Å². The molecule has 98 valence electrons. The lowest BCUT2D eigenvalue weighted by Crippen LogP contribution is -2.25. The van der Waals surface area contributed by atoms with Crippen molar-refractivity contribution in [2.75, 3.05) is 6.54 Å². The van der Waals surface area contributed by atoms with Crippen molar-refractivity contribution in [2.24, 2.45) is 0 Å². The number of benzene rings is 1. The number of nitrogens with zero attached hydrogens (tertiary/aromatic N) is 2. The standard InChI is InChI=1S/C16H19N3/c1-10-6-11(2)15(12(3)7-10)16-13-8-17-5-4-14(13)18-9-19-16/h6-7,9,17H,4-5,8H2,1-3H3. The molecule has 0 fully saturated rings. The van der Waals surface area contributed by atoms with Crippen LogP contribution in [0.1, 0.15) is 27.9 Å². The Bertz CT molecular complexity index is 609. The maximum Gasteiger partial charge on any atom is 0.116 e. The molecule has 3 rings (SSSR count). The molecule has 0 spiro atoms. The molecule has 0 aliphatic carbocycles. The molecular formula is C16H19N3. The van der Waals surface area contributed by atoms with E-state index in [0.29, 0.717) is 0 Å². The van der Waals surface area contributed by atoms with E-state index in [-0.39, 0.29) is 0 Å². The van der Waals surface area contributed by atoms with Crippen LogP contribution >= 0.6 is 0 Å². The molecule has 0 bridgehead atoms. The maximum atomic E-state index is 4.56. The van der Waals surface area contributed by atoms with E-state index in [1.807, 2.05) is 0 Å². The molecule has 0 atom stereocenters. The molecule has 1 aromatic carbocycles. The van der Waals surface area contributed by atoms with Crippen molar-refractivity contribution in [1.82, 2.24) is 15.3 Å². The van der Waals surface area contributed by atoms with Gasteiger partial charge in [-0.2, -0.15) is 0 Å². The molecule has 2 aromatic rings. The highest BCUT2D eigenvalue weighted by atomic mass is 14.9. The Labute approximate surface area is 114 Å². The highest BCUT2D eigenvalue weighted by Gasteiger charge is 2.18. The van der Waals surface area contributed by atoms with Gasteiger partial charge in [-0.3, -0.25) is 0 Å². The van der Waals surface area contributed by atoms with Gasteiger partial charge >= 0.3 is 0 Å². The van der Waals surface area contributed by atoms with E-state index in [0.717, 1.165) is 25.2 Å². The van der Waals surface area contributed by atoms with Crippen molar-refractivity contribution in [2.45, 2.75) is 33.7 Å². The quantitative estimate of drug-likeness (QED) is 0.849. The molecule has 0 saturated heterocycles. The van der Waals surface area contributed by atoms with E-state index < -0.39 is 0 Å². The molecule has 0 unspecified atom stereocenters. The third-order valence-electron chi connectivity index (χ3n) is 3.79. The highest BCUT2D eigenvalue weighted by molar-refractivity contribution is 5.71. The summed E-state index contributed by atoms with van der Waals surface area (Å²) in [7, 11) is 0. The van der Waals surface area contributed by atoms with Crippen molar-refractivity contribution in [1.29, 1.82) is 0 Å². The normalized spacial score (nSPS) is 14.3. The second-order valence-corrected chi connectivity index (χ2v) is 5.35. The minimum absolute atomic E-state index is 0.873. The monoisotopic (exact) mass is 253 g/mol. The molecule has 0 saturated carbocycles. The maximum absolute atomic E-state index is 4.56. The van der Waals surface area contributed by atoms with Gasteiger partial charge in [0.25, 0.3) is 0 Å². The number of aryl methyl sites for hydroxylation is 3. The van der Waals surface area contributed by atoms with Crippen LogP contribution in [0.2, 0.25) is 0 Å². The lowest BCUT2D eigenvalue weighted by atomic mass is 9.93. The van der Waals surface area contributed by atoms with E-state index in [4.69, 9.17) is 0 Å². The first kappa shape index (κ1) is 12.3. The Morgan fingerprint density at radius 2 is 1.79 bits per heavy atom. The topological polar surface area (TPSA) is 37.8 Å². The zero-order valence-corrected chi connectivity index (χ0v) is 11.7. The zero-order valence-electron chi connectivity index (χ0n) is 11.7. The molecule has 1 aliphatic rings. The lowest BCUT2D eigenvalue weighted by molar-refractivity contribution is 0.627. The fourth-order valence-corrected chi connectivity index (χ4v) is 3.04. The Kier molecular flexibility index (Phi) is 3.07. The van der Waals surface area contributed by atoms with Gasteiger partial charge in [0.05, 0.1) is 11.4 Å². The predicted molar refractivity (Wildman–Crippen MR) is 77.1 cm³/mol. The first-order valence-corrected chi connectivity index (χ1v) is 6.78. The van der Waals surface area contributed by atoms with Gasteiger partial charge < -0.3 is 5.32 Å². The van der Waals surface area contributed by atoms with Crippen LogP contribution in [0, 0.1) is 20.8 Å². The molecular weight excluding hydrogens is 234 g/mol. The van der Waals surface area contributed by atoms with Gasteiger partial charge in [-0.1, -0.05) is 17.7 Å². The summed E-state index contributed by atoms with van der Waals surface area (Å²) in [5.41, 5.74) is 8.74. The predicted octanol–water partition coefficient (Wildman–Crippen LogP) is 2.71. The number of nitrogens with one attached hydrogen (secondary N) is 1. The first-order chi connectivity index (χ1) is 9.16. The molecule has 1 aliphatic heterocycles. The molecule has 1 aromatic heterocycles. The van der Waals surface area contributed by atoms with Crippen molar-refractivity contribution in [3.8, 4) is 11.3 Å². The average Bonchev–Trinajstić information content (AvgIpc) is 2.38.